The van der Waals surface area contributed by atoms with Crippen molar-refractivity contribution in [3.63, 3.8) is 0 Å². The zero-order valence-electron chi connectivity index (χ0n) is 13.1. The van der Waals surface area contributed by atoms with Crippen molar-refractivity contribution in [2.75, 3.05) is 13.7 Å². The zero-order valence-corrected chi connectivity index (χ0v) is 13.1. The van der Waals surface area contributed by atoms with Crippen molar-refractivity contribution in [3.8, 4) is 11.5 Å². The molecule has 1 aliphatic rings. The van der Waals surface area contributed by atoms with E-state index in [1.165, 1.54) is 0 Å². The molecule has 7 heteroatoms. The Hall–Kier alpha value is -1.90. The lowest BCUT2D eigenvalue weighted by Crippen LogP contribution is -2.60. The number of aliphatic hydroxyl groups is 4. The van der Waals surface area contributed by atoms with Gasteiger partial charge in [-0.2, -0.15) is 0 Å². The highest BCUT2D eigenvalue weighted by Crippen LogP contribution is 2.34. The second kappa shape index (κ2) is 6.92. The summed E-state index contributed by atoms with van der Waals surface area (Å²) in [6.45, 7) is -0.506. The molecular formula is C17H20O7. The fourth-order valence-electron chi connectivity index (χ4n) is 2.81. The maximum Gasteiger partial charge on any atom is 0.229 e. The van der Waals surface area contributed by atoms with Gasteiger partial charge in [0.1, 0.15) is 35.9 Å². The zero-order chi connectivity index (χ0) is 17.3. The van der Waals surface area contributed by atoms with Gasteiger partial charge in [0.2, 0.25) is 6.29 Å². The van der Waals surface area contributed by atoms with Crippen LogP contribution in [-0.4, -0.2) is 64.8 Å². The number of hydrogen-bond donors (Lipinski definition) is 4. The molecule has 0 spiro atoms. The predicted octanol–water partition coefficient (Wildman–Crippen LogP) is 0.0271. The minimum atomic E-state index is -1.48. The van der Waals surface area contributed by atoms with E-state index in [0.29, 0.717) is 11.5 Å². The first-order valence-electron chi connectivity index (χ1n) is 7.59. The van der Waals surface area contributed by atoms with E-state index in [4.69, 9.17) is 14.2 Å². The molecule has 1 aliphatic heterocycles. The largest absolute Gasteiger partial charge is 0.496 e. The molecule has 0 amide bonds. The molecule has 0 bridgehead atoms. The highest BCUT2D eigenvalue weighted by Gasteiger charge is 2.44. The Morgan fingerprint density at radius 2 is 1.54 bits per heavy atom. The Morgan fingerprint density at radius 3 is 2.17 bits per heavy atom. The van der Waals surface area contributed by atoms with Crippen LogP contribution in [-0.2, 0) is 4.74 Å². The molecule has 7 nitrogen and oxygen atoms in total. The molecule has 0 saturated carbocycles. The molecule has 5 atom stereocenters. The van der Waals surface area contributed by atoms with E-state index in [0.717, 1.165) is 10.8 Å². The van der Waals surface area contributed by atoms with Crippen molar-refractivity contribution >= 4 is 10.8 Å². The van der Waals surface area contributed by atoms with Gasteiger partial charge in [0.05, 0.1) is 13.7 Å². The first kappa shape index (κ1) is 16.9. The number of fused-ring (bicyclic) bond motifs is 1. The van der Waals surface area contributed by atoms with E-state index in [1.54, 1.807) is 19.2 Å². The van der Waals surface area contributed by atoms with E-state index >= 15 is 0 Å². The molecule has 1 saturated heterocycles. The highest BCUT2D eigenvalue weighted by molar-refractivity contribution is 5.93. The lowest BCUT2D eigenvalue weighted by atomic mass is 9.99. The monoisotopic (exact) mass is 336 g/mol. The van der Waals surface area contributed by atoms with Crippen molar-refractivity contribution < 1.29 is 34.6 Å². The van der Waals surface area contributed by atoms with Gasteiger partial charge in [0.15, 0.2) is 0 Å². The molecule has 2 aromatic rings. The third-order valence-corrected chi connectivity index (χ3v) is 4.16. The van der Waals surface area contributed by atoms with E-state index < -0.39 is 37.3 Å². The first-order chi connectivity index (χ1) is 11.6. The summed E-state index contributed by atoms with van der Waals surface area (Å²) >= 11 is 0. The Morgan fingerprint density at radius 1 is 0.917 bits per heavy atom. The maximum absolute atomic E-state index is 10.1. The van der Waals surface area contributed by atoms with Gasteiger partial charge >= 0.3 is 0 Å². The van der Waals surface area contributed by atoms with E-state index in [1.807, 2.05) is 24.3 Å². The fourth-order valence-corrected chi connectivity index (χ4v) is 2.81. The van der Waals surface area contributed by atoms with Crippen LogP contribution in [0.1, 0.15) is 0 Å². The van der Waals surface area contributed by atoms with Crippen LogP contribution in [0.15, 0.2) is 36.4 Å². The lowest BCUT2D eigenvalue weighted by molar-refractivity contribution is -0.277. The second-order valence-corrected chi connectivity index (χ2v) is 5.63. The topological polar surface area (TPSA) is 109 Å². The van der Waals surface area contributed by atoms with Crippen LogP contribution in [0.5, 0.6) is 11.5 Å². The van der Waals surface area contributed by atoms with Crippen LogP contribution in [0.3, 0.4) is 0 Å². The summed E-state index contributed by atoms with van der Waals surface area (Å²) in [5, 5.41) is 40.6. The Labute approximate surface area is 138 Å². The summed E-state index contributed by atoms with van der Waals surface area (Å²) in [6.07, 6.45) is -6.60. The molecule has 0 radical (unpaired) electrons. The smallest absolute Gasteiger partial charge is 0.229 e. The molecule has 24 heavy (non-hydrogen) atoms. The quantitative estimate of drug-likeness (QED) is 0.624. The van der Waals surface area contributed by atoms with Crippen LogP contribution in [0.4, 0.5) is 0 Å². The van der Waals surface area contributed by atoms with Crippen molar-refractivity contribution in [3.05, 3.63) is 36.4 Å². The highest BCUT2D eigenvalue weighted by atomic mass is 16.7. The number of benzene rings is 2. The van der Waals surface area contributed by atoms with Gasteiger partial charge in [-0.05, 0) is 12.1 Å². The number of methoxy groups -OCH3 is 1. The first-order valence-corrected chi connectivity index (χ1v) is 7.59. The number of aliphatic hydroxyl groups excluding tert-OH is 4. The number of ether oxygens (including phenoxy) is 3. The van der Waals surface area contributed by atoms with Gasteiger partial charge < -0.3 is 34.6 Å². The lowest BCUT2D eigenvalue weighted by Gasteiger charge is -2.39. The second-order valence-electron chi connectivity index (χ2n) is 5.63. The van der Waals surface area contributed by atoms with Crippen molar-refractivity contribution in [2.45, 2.75) is 30.7 Å². The van der Waals surface area contributed by atoms with Gasteiger partial charge in [0, 0.05) is 10.8 Å². The van der Waals surface area contributed by atoms with Gasteiger partial charge in [-0.3, -0.25) is 0 Å². The molecule has 0 aliphatic carbocycles. The molecule has 0 unspecified atom stereocenters. The molecule has 1 fully saturated rings. The Bertz CT molecular complexity index is 702. The van der Waals surface area contributed by atoms with Crippen LogP contribution in [0, 0.1) is 0 Å². The SMILES string of the molecule is COc1ccc(O[C@H]2O[C@H](CO)[C@H](O)[C@H](O)[C@H]2O)c2ccccc12. The molecule has 130 valence electrons. The molecule has 2 aromatic carbocycles. The maximum atomic E-state index is 10.1. The minimum Gasteiger partial charge on any atom is -0.496 e. The summed E-state index contributed by atoms with van der Waals surface area (Å²) < 4.78 is 16.4. The van der Waals surface area contributed by atoms with Crippen LogP contribution in [0.25, 0.3) is 10.8 Å². The van der Waals surface area contributed by atoms with Gasteiger partial charge in [0.25, 0.3) is 0 Å². The molecule has 0 aromatic heterocycles. The number of rotatable bonds is 4. The van der Waals surface area contributed by atoms with Gasteiger partial charge in [-0.15, -0.1) is 0 Å². The predicted molar refractivity (Wildman–Crippen MR) is 84.9 cm³/mol. The molecule has 4 N–H and O–H groups in total. The molecular weight excluding hydrogens is 316 g/mol. The Balaban J connectivity index is 1.92. The van der Waals surface area contributed by atoms with Crippen LogP contribution in [0.2, 0.25) is 0 Å². The minimum absolute atomic E-state index is 0.427. The average Bonchev–Trinajstić information content (AvgIpc) is 2.62. The van der Waals surface area contributed by atoms with E-state index in [2.05, 4.69) is 0 Å². The molecule has 3 rings (SSSR count). The summed E-state index contributed by atoms with van der Waals surface area (Å²) in [5.74, 6) is 1.10. The van der Waals surface area contributed by atoms with Crippen LogP contribution < -0.4 is 9.47 Å². The van der Waals surface area contributed by atoms with E-state index in [-0.39, 0.29) is 0 Å². The van der Waals surface area contributed by atoms with Crippen molar-refractivity contribution in [2.24, 2.45) is 0 Å². The Kier molecular flexibility index (Phi) is 4.88. The van der Waals surface area contributed by atoms with Crippen molar-refractivity contribution in [1.82, 2.24) is 0 Å². The summed E-state index contributed by atoms with van der Waals surface area (Å²) in [7, 11) is 1.57. The van der Waals surface area contributed by atoms with Gasteiger partial charge in [-0.1, -0.05) is 24.3 Å². The average molecular weight is 336 g/mol. The normalized spacial score (nSPS) is 30.3. The third kappa shape index (κ3) is 2.92. The van der Waals surface area contributed by atoms with Gasteiger partial charge in [-0.25, -0.2) is 0 Å². The standard InChI is InChI=1S/C17H20O7/c1-22-11-6-7-12(10-5-3-2-4-9(10)11)23-17-16(21)15(20)14(19)13(8-18)24-17/h2-7,13-21H,8H2,1H3/t13-,14+,15+,16-,17+/m1/s1. The van der Waals surface area contributed by atoms with E-state index in [9.17, 15) is 20.4 Å². The fraction of sp³-hybridized carbons (Fsp3) is 0.412. The summed E-state index contributed by atoms with van der Waals surface area (Å²) in [5.41, 5.74) is 0. The molecule has 1 heterocycles. The van der Waals surface area contributed by atoms with Crippen LogP contribution >= 0.6 is 0 Å². The van der Waals surface area contributed by atoms with Crippen molar-refractivity contribution in [1.29, 1.82) is 0 Å². The third-order valence-electron chi connectivity index (χ3n) is 4.16. The number of hydrogen-bond acceptors (Lipinski definition) is 7. The summed E-state index contributed by atoms with van der Waals surface area (Å²) in [4.78, 5) is 0. The summed E-state index contributed by atoms with van der Waals surface area (Å²) in [6, 6.07) is 10.8.